The molecule has 1 atom stereocenters. The first-order chi connectivity index (χ1) is 17.1. The number of aromatic nitrogens is 1. The Morgan fingerprint density at radius 2 is 2.06 bits per heavy atom. The molecule has 0 saturated carbocycles. The van der Waals surface area contributed by atoms with Crippen LogP contribution in [0.4, 0.5) is 24.5 Å². The summed E-state index contributed by atoms with van der Waals surface area (Å²) in [4.78, 5) is 29.7. The van der Waals surface area contributed by atoms with E-state index in [-0.39, 0.29) is 17.6 Å². The molecule has 184 valence electrons. The van der Waals surface area contributed by atoms with Crippen molar-refractivity contribution in [3.8, 4) is 17.0 Å². The van der Waals surface area contributed by atoms with Crippen LogP contribution < -0.4 is 20.7 Å². The molecule has 11 heteroatoms. The van der Waals surface area contributed by atoms with Crippen molar-refractivity contribution < 1.29 is 27.5 Å². The average Bonchev–Trinajstić information content (AvgIpc) is 3.15. The van der Waals surface area contributed by atoms with E-state index in [2.05, 4.69) is 27.3 Å². The molecule has 2 aromatic carbocycles. The maximum absolute atomic E-state index is 12.8. The van der Waals surface area contributed by atoms with E-state index in [1.807, 2.05) is 25.1 Å². The summed E-state index contributed by atoms with van der Waals surface area (Å²) in [5.41, 5.74) is 2.20. The minimum atomic E-state index is -4.93. The summed E-state index contributed by atoms with van der Waals surface area (Å²) in [5.74, 6) is -1.36. The number of rotatable bonds is 4. The smallest absolute Gasteiger partial charge is 0.404 e. The quantitative estimate of drug-likeness (QED) is 0.306. The van der Waals surface area contributed by atoms with Gasteiger partial charge in [-0.05, 0) is 55.5 Å². The fraction of sp³-hybridized carbons (Fsp3) is 0.160. The molecular formula is C25H19F3N4O3S. The predicted octanol–water partition coefficient (Wildman–Crippen LogP) is 5.68. The maximum atomic E-state index is 12.8. The lowest BCUT2D eigenvalue weighted by molar-refractivity contribution is -0.274. The Morgan fingerprint density at radius 3 is 2.81 bits per heavy atom. The number of amides is 2. The molecule has 2 amide bonds. The zero-order valence-electron chi connectivity index (χ0n) is 18.8. The molecule has 1 unspecified atom stereocenters. The SMILES string of the molecule is C=CC(=O)Nc1cc(-c2ccc3c(ccc4sc5c(c43)NCC(C)NC5=O)n2)ccc1OC(F)(F)F. The monoisotopic (exact) mass is 512 g/mol. The highest BCUT2D eigenvalue weighted by Gasteiger charge is 2.32. The summed E-state index contributed by atoms with van der Waals surface area (Å²) in [7, 11) is 0. The number of pyridine rings is 1. The molecule has 0 radical (unpaired) electrons. The van der Waals surface area contributed by atoms with Gasteiger partial charge in [-0.15, -0.1) is 24.5 Å². The van der Waals surface area contributed by atoms with Gasteiger partial charge in [-0.1, -0.05) is 6.58 Å². The van der Waals surface area contributed by atoms with Crippen molar-refractivity contribution in [3.63, 3.8) is 0 Å². The fourth-order valence-electron chi connectivity index (χ4n) is 4.07. The molecule has 1 aliphatic rings. The molecular weight excluding hydrogens is 493 g/mol. The van der Waals surface area contributed by atoms with Gasteiger partial charge < -0.3 is 20.7 Å². The van der Waals surface area contributed by atoms with E-state index < -0.39 is 18.0 Å². The number of benzene rings is 2. The van der Waals surface area contributed by atoms with Crippen LogP contribution in [0.15, 0.2) is 55.1 Å². The summed E-state index contributed by atoms with van der Waals surface area (Å²) < 4.78 is 43.5. The number of anilines is 2. The third kappa shape index (κ3) is 4.44. The highest BCUT2D eigenvalue weighted by Crippen LogP contribution is 2.41. The summed E-state index contributed by atoms with van der Waals surface area (Å²) in [6.45, 7) is 5.83. The van der Waals surface area contributed by atoms with Crippen molar-refractivity contribution in [1.29, 1.82) is 0 Å². The van der Waals surface area contributed by atoms with Crippen molar-refractivity contribution in [1.82, 2.24) is 10.3 Å². The Bertz CT molecular complexity index is 1550. The van der Waals surface area contributed by atoms with Gasteiger partial charge in [0.1, 0.15) is 4.88 Å². The number of nitrogens with one attached hydrogen (secondary N) is 3. The minimum Gasteiger partial charge on any atom is -0.404 e. The van der Waals surface area contributed by atoms with Gasteiger partial charge in [0.05, 0.1) is 22.6 Å². The van der Waals surface area contributed by atoms with E-state index in [4.69, 9.17) is 4.98 Å². The molecule has 0 fully saturated rings. The van der Waals surface area contributed by atoms with Crippen LogP contribution in [0.25, 0.3) is 32.2 Å². The van der Waals surface area contributed by atoms with E-state index in [1.54, 1.807) is 6.07 Å². The molecule has 2 aromatic heterocycles. The van der Waals surface area contributed by atoms with E-state index >= 15 is 0 Å². The third-order valence-corrected chi connectivity index (χ3v) is 6.79. The Kier molecular flexibility index (Phi) is 5.79. The first kappa shape index (κ1) is 23.6. The third-order valence-electron chi connectivity index (χ3n) is 5.64. The lowest BCUT2D eigenvalue weighted by Gasteiger charge is -2.15. The summed E-state index contributed by atoms with van der Waals surface area (Å²) in [5, 5.41) is 10.4. The zero-order chi connectivity index (χ0) is 25.6. The number of hydrogen-bond donors (Lipinski definition) is 3. The number of carbonyl (C=O) groups excluding carboxylic acids is 2. The van der Waals surface area contributed by atoms with E-state index in [1.165, 1.54) is 23.5 Å². The molecule has 7 nitrogen and oxygen atoms in total. The average molecular weight is 513 g/mol. The molecule has 36 heavy (non-hydrogen) atoms. The number of halogens is 3. The molecule has 3 heterocycles. The largest absolute Gasteiger partial charge is 0.573 e. The Balaban J connectivity index is 1.60. The van der Waals surface area contributed by atoms with Gasteiger partial charge >= 0.3 is 6.36 Å². The van der Waals surface area contributed by atoms with Gasteiger partial charge in [-0.3, -0.25) is 9.59 Å². The second-order valence-corrected chi connectivity index (χ2v) is 9.27. The number of carbonyl (C=O) groups is 2. The van der Waals surface area contributed by atoms with Crippen LogP contribution in [0.5, 0.6) is 5.75 Å². The van der Waals surface area contributed by atoms with E-state index in [9.17, 15) is 22.8 Å². The Labute approximate surface area is 207 Å². The first-order valence-electron chi connectivity index (χ1n) is 10.9. The van der Waals surface area contributed by atoms with Gasteiger partial charge in [0.15, 0.2) is 5.75 Å². The molecule has 0 spiro atoms. The van der Waals surface area contributed by atoms with Gasteiger partial charge in [-0.2, -0.15) is 0 Å². The number of alkyl halides is 3. The van der Waals surface area contributed by atoms with Crippen molar-refractivity contribution in [2.24, 2.45) is 0 Å². The zero-order valence-corrected chi connectivity index (χ0v) is 19.6. The number of thiophene rings is 1. The molecule has 0 aliphatic carbocycles. The highest BCUT2D eigenvalue weighted by molar-refractivity contribution is 7.21. The van der Waals surface area contributed by atoms with Crippen molar-refractivity contribution in [3.05, 3.63) is 60.0 Å². The van der Waals surface area contributed by atoms with Crippen LogP contribution in [-0.2, 0) is 4.79 Å². The van der Waals surface area contributed by atoms with Gasteiger partial charge in [0, 0.05) is 33.6 Å². The topological polar surface area (TPSA) is 92.4 Å². The first-order valence-corrected chi connectivity index (χ1v) is 11.7. The standard InChI is InChI=1S/C25H19F3N4O3S/c1-3-20(33)32-17-10-13(4-8-18(17)35-25(26,27)28)15-6-5-14-16(31-15)7-9-19-21(14)22-23(36-19)24(34)30-12(2)11-29-22/h3-10,12,29H,1,11H2,2H3,(H,30,34)(H,32,33). The summed E-state index contributed by atoms with van der Waals surface area (Å²) in [6, 6.07) is 11.2. The molecule has 1 aliphatic heterocycles. The lowest BCUT2D eigenvalue weighted by Crippen LogP contribution is -2.34. The molecule has 0 saturated heterocycles. The normalized spacial score (nSPS) is 15.6. The predicted molar refractivity (Wildman–Crippen MR) is 133 cm³/mol. The van der Waals surface area contributed by atoms with Crippen LogP contribution in [-0.4, -0.2) is 35.7 Å². The summed E-state index contributed by atoms with van der Waals surface area (Å²) >= 11 is 1.40. The molecule has 4 aromatic rings. The number of hydrogen-bond acceptors (Lipinski definition) is 6. The van der Waals surface area contributed by atoms with Crippen molar-refractivity contribution in [2.75, 3.05) is 17.2 Å². The van der Waals surface area contributed by atoms with Crippen LogP contribution in [0.3, 0.4) is 0 Å². The van der Waals surface area contributed by atoms with E-state index in [0.29, 0.717) is 28.2 Å². The fourth-order valence-corrected chi connectivity index (χ4v) is 5.17. The van der Waals surface area contributed by atoms with Gasteiger partial charge in [0.2, 0.25) is 5.91 Å². The Hall–Kier alpha value is -4.12. The van der Waals surface area contributed by atoms with Crippen molar-refractivity contribution >= 4 is 55.5 Å². The van der Waals surface area contributed by atoms with Crippen molar-refractivity contribution in [2.45, 2.75) is 19.3 Å². The van der Waals surface area contributed by atoms with Crippen LogP contribution >= 0.6 is 11.3 Å². The van der Waals surface area contributed by atoms with Crippen LogP contribution in [0.2, 0.25) is 0 Å². The van der Waals surface area contributed by atoms with E-state index in [0.717, 1.165) is 33.3 Å². The molecule has 3 N–H and O–H groups in total. The second-order valence-electron chi connectivity index (χ2n) is 8.22. The Morgan fingerprint density at radius 1 is 1.25 bits per heavy atom. The minimum absolute atomic E-state index is 0.0214. The molecule has 5 rings (SSSR count). The maximum Gasteiger partial charge on any atom is 0.573 e. The highest BCUT2D eigenvalue weighted by atomic mass is 32.1. The molecule has 0 bridgehead atoms. The van der Waals surface area contributed by atoms with Gasteiger partial charge in [-0.25, -0.2) is 4.98 Å². The number of fused-ring (bicyclic) bond motifs is 5. The lowest BCUT2D eigenvalue weighted by atomic mass is 10.1. The van der Waals surface area contributed by atoms with Gasteiger partial charge in [0.25, 0.3) is 5.91 Å². The summed E-state index contributed by atoms with van der Waals surface area (Å²) in [6.07, 6.45) is -3.98. The number of nitrogens with zero attached hydrogens (tertiary/aromatic N) is 1. The van der Waals surface area contributed by atoms with Crippen LogP contribution in [0.1, 0.15) is 16.6 Å². The van der Waals surface area contributed by atoms with Crippen LogP contribution in [0, 0.1) is 0 Å². The number of ether oxygens (including phenoxy) is 1. The second kappa shape index (κ2) is 8.83.